The first-order valence-electron chi connectivity index (χ1n) is 9.68. The summed E-state index contributed by atoms with van der Waals surface area (Å²) in [6.07, 6.45) is 0. The maximum Gasteiger partial charge on any atom is 0.269 e. The molecular formula is C21H23ClN4O4S2. The Labute approximate surface area is 196 Å². The topological polar surface area (TPSA) is 110 Å². The van der Waals surface area contributed by atoms with Gasteiger partial charge in [-0.3, -0.25) is 10.1 Å². The van der Waals surface area contributed by atoms with Gasteiger partial charge in [0.25, 0.3) is 15.9 Å². The lowest BCUT2D eigenvalue weighted by Gasteiger charge is -2.19. The van der Waals surface area contributed by atoms with Gasteiger partial charge in [-0.2, -0.15) is 0 Å². The Morgan fingerprint density at radius 2 is 1.72 bits per heavy atom. The lowest BCUT2D eigenvalue weighted by Crippen LogP contribution is -2.28. The number of nitrogens with one attached hydrogen (secondary N) is 2. The fraction of sp³-hybridized carbons (Fsp3) is 0.286. The maximum atomic E-state index is 12.4. The van der Waals surface area contributed by atoms with E-state index in [0.717, 1.165) is 11.3 Å². The van der Waals surface area contributed by atoms with Crippen LogP contribution < -0.4 is 14.8 Å². The SMILES string of the molecule is CC(C)(C)c1ccc(OCCNS(=O)(=O)c2nnc(NC(=O)c3ccc(Cl)cc3)s2)cc1. The molecule has 32 heavy (non-hydrogen) atoms. The first kappa shape index (κ1) is 24.1. The molecule has 0 spiro atoms. The largest absolute Gasteiger partial charge is 0.492 e. The molecule has 0 atom stereocenters. The fourth-order valence-corrected chi connectivity index (χ4v) is 4.67. The van der Waals surface area contributed by atoms with E-state index in [9.17, 15) is 13.2 Å². The molecule has 0 aliphatic heterocycles. The third-order valence-electron chi connectivity index (χ3n) is 4.35. The van der Waals surface area contributed by atoms with E-state index in [1.807, 2.05) is 24.3 Å². The average Bonchev–Trinajstić information content (AvgIpc) is 3.21. The van der Waals surface area contributed by atoms with Gasteiger partial charge >= 0.3 is 0 Å². The highest BCUT2D eigenvalue weighted by Crippen LogP contribution is 2.24. The Kier molecular flexibility index (Phi) is 7.50. The van der Waals surface area contributed by atoms with E-state index in [1.54, 1.807) is 24.3 Å². The van der Waals surface area contributed by atoms with Gasteiger partial charge in [0.05, 0.1) is 0 Å². The van der Waals surface area contributed by atoms with E-state index < -0.39 is 15.9 Å². The number of amides is 1. The Morgan fingerprint density at radius 3 is 2.34 bits per heavy atom. The molecule has 0 aliphatic rings. The van der Waals surface area contributed by atoms with E-state index in [0.29, 0.717) is 16.3 Å². The summed E-state index contributed by atoms with van der Waals surface area (Å²) in [5, 5.41) is 10.5. The Bertz CT molecular complexity index is 1170. The number of halogens is 1. The molecule has 11 heteroatoms. The highest BCUT2D eigenvalue weighted by Gasteiger charge is 2.21. The smallest absolute Gasteiger partial charge is 0.269 e. The lowest BCUT2D eigenvalue weighted by atomic mass is 9.87. The molecule has 8 nitrogen and oxygen atoms in total. The number of carbonyl (C=O) groups is 1. The number of aromatic nitrogens is 2. The van der Waals surface area contributed by atoms with Crippen LogP contribution >= 0.6 is 22.9 Å². The van der Waals surface area contributed by atoms with Crippen molar-refractivity contribution in [1.82, 2.24) is 14.9 Å². The quantitative estimate of drug-likeness (QED) is 0.360. The van der Waals surface area contributed by atoms with Gasteiger partial charge in [-0.1, -0.05) is 55.8 Å². The van der Waals surface area contributed by atoms with Gasteiger partial charge in [0.15, 0.2) is 0 Å². The van der Waals surface area contributed by atoms with Crippen molar-refractivity contribution < 1.29 is 17.9 Å². The highest BCUT2D eigenvalue weighted by molar-refractivity contribution is 7.91. The normalized spacial score (nSPS) is 11.9. The van der Waals surface area contributed by atoms with Crippen molar-refractivity contribution in [2.45, 2.75) is 30.5 Å². The van der Waals surface area contributed by atoms with Crippen LogP contribution in [0.2, 0.25) is 5.02 Å². The first-order chi connectivity index (χ1) is 15.0. The van der Waals surface area contributed by atoms with Crippen LogP contribution in [0.3, 0.4) is 0 Å². The molecule has 1 amide bonds. The van der Waals surface area contributed by atoms with Crippen molar-refractivity contribution >= 4 is 44.0 Å². The third kappa shape index (κ3) is 6.49. The van der Waals surface area contributed by atoms with Gasteiger partial charge in [0, 0.05) is 17.1 Å². The van der Waals surface area contributed by atoms with E-state index in [4.69, 9.17) is 16.3 Å². The minimum Gasteiger partial charge on any atom is -0.492 e. The van der Waals surface area contributed by atoms with Crippen LogP contribution in [0.4, 0.5) is 5.13 Å². The molecule has 0 unspecified atom stereocenters. The van der Waals surface area contributed by atoms with Crippen molar-refractivity contribution in [3.05, 3.63) is 64.7 Å². The summed E-state index contributed by atoms with van der Waals surface area (Å²) in [5.74, 6) is 0.209. The number of carbonyl (C=O) groups excluding carboxylic acids is 1. The van der Waals surface area contributed by atoms with Gasteiger partial charge in [0.2, 0.25) is 9.47 Å². The number of sulfonamides is 1. The number of hydrogen-bond acceptors (Lipinski definition) is 7. The molecule has 0 radical (unpaired) electrons. The van der Waals surface area contributed by atoms with Crippen LogP contribution in [0.5, 0.6) is 5.75 Å². The number of benzene rings is 2. The van der Waals surface area contributed by atoms with Crippen molar-refractivity contribution in [2.24, 2.45) is 0 Å². The summed E-state index contributed by atoms with van der Waals surface area (Å²) in [5.41, 5.74) is 1.59. The molecule has 3 rings (SSSR count). The van der Waals surface area contributed by atoms with Crippen molar-refractivity contribution in [1.29, 1.82) is 0 Å². The van der Waals surface area contributed by atoms with Crippen LogP contribution in [-0.2, 0) is 15.4 Å². The van der Waals surface area contributed by atoms with Gasteiger partial charge in [-0.25, -0.2) is 13.1 Å². The lowest BCUT2D eigenvalue weighted by molar-refractivity contribution is 0.102. The Morgan fingerprint density at radius 1 is 1.06 bits per heavy atom. The molecule has 2 aromatic carbocycles. The molecule has 1 aromatic heterocycles. The van der Waals surface area contributed by atoms with E-state index in [1.165, 1.54) is 5.56 Å². The summed E-state index contributed by atoms with van der Waals surface area (Å²) in [6, 6.07) is 13.9. The first-order valence-corrected chi connectivity index (χ1v) is 12.4. The molecular weight excluding hydrogens is 472 g/mol. The number of anilines is 1. The zero-order valence-corrected chi connectivity index (χ0v) is 20.1. The van der Waals surface area contributed by atoms with E-state index in [-0.39, 0.29) is 28.0 Å². The number of hydrogen-bond donors (Lipinski definition) is 2. The zero-order chi connectivity index (χ0) is 23.4. The molecule has 2 N–H and O–H groups in total. The van der Waals surface area contributed by atoms with E-state index >= 15 is 0 Å². The van der Waals surface area contributed by atoms with Gasteiger partial charge in [0.1, 0.15) is 12.4 Å². The molecule has 0 bridgehead atoms. The second-order valence-electron chi connectivity index (χ2n) is 7.85. The van der Waals surface area contributed by atoms with Crippen LogP contribution in [-0.4, -0.2) is 37.7 Å². The summed E-state index contributed by atoms with van der Waals surface area (Å²) in [4.78, 5) is 12.2. The van der Waals surface area contributed by atoms with Crippen LogP contribution in [0.25, 0.3) is 0 Å². The molecule has 1 heterocycles. The van der Waals surface area contributed by atoms with Crippen LogP contribution in [0, 0.1) is 0 Å². The average molecular weight is 495 g/mol. The second-order valence-corrected chi connectivity index (χ2v) is 11.2. The fourth-order valence-electron chi connectivity index (χ4n) is 2.60. The minimum atomic E-state index is -3.88. The molecule has 0 aliphatic carbocycles. The summed E-state index contributed by atoms with van der Waals surface area (Å²) in [6.45, 7) is 6.57. The summed E-state index contributed by atoms with van der Waals surface area (Å²) < 4.78 is 32.6. The minimum absolute atomic E-state index is 0.0447. The zero-order valence-electron chi connectivity index (χ0n) is 17.8. The number of ether oxygens (including phenoxy) is 1. The molecule has 3 aromatic rings. The number of rotatable bonds is 8. The molecule has 0 saturated heterocycles. The Balaban J connectivity index is 1.51. The predicted octanol–water partition coefficient (Wildman–Crippen LogP) is 4.10. The molecule has 170 valence electrons. The highest BCUT2D eigenvalue weighted by atomic mass is 35.5. The Hall–Kier alpha value is -2.53. The monoisotopic (exact) mass is 494 g/mol. The predicted molar refractivity (Wildman–Crippen MR) is 125 cm³/mol. The van der Waals surface area contributed by atoms with Gasteiger partial charge in [-0.05, 0) is 47.4 Å². The van der Waals surface area contributed by atoms with Crippen molar-refractivity contribution in [2.75, 3.05) is 18.5 Å². The summed E-state index contributed by atoms with van der Waals surface area (Å²) >= 11 is 6.56. The number of nitrogens with zero attached hydrogens (tertiary/aromatic N) is 2. The van der Waals surface area contributed by atoms with Crippen LogP contribution in [0.1, 0.15) is 36.7 Å². The summed E-state index contributed by atoms with van der Waals surface area (Å²) in [7, 11) is -3.88. The molecule has 0 saturated carbocycles. The van der Waals surface area contributed by atoms with Crippen molar-refractivity contribution in [3.63, 3.8) is 0 Å². The second kappa shape index (κ2) is 9.95. The maximum absolute atomic E-state index is 12.4. The van der Waals surface area contributed by atoms with Crippen molar-refractivity contribution in [3.8, 4) is 5.75 Å². The van der Waals surface area contributed by atoms with Gasteiger partial charge in [-0.15, -0.1) is 10.2 Å². The van der Waals surface area contributed by atoms with E-state index in [2.05, 4.69) is 41.0 Å². The third-order valence-corrected chi connectivity index (χ3v) is 7.27. The molecule has 0 fully saturated rings. The van der Waals surface area contributed by atoms with Gasteiger partial charge < -0.3 is 4.74 Å². The van der Waals surface area contributed by atoms with Crippen LogP contribution in [0.15, 0.2) is 52.9 Å². The standard InChI is InChI=1S/C21H23ClN4O4S2/c1-21(2,3)15-6-10-17(11-7-15)30-13-12-23-32(28,29)20-26-25-19(31-20)24-18(27)14-4-8-16(22)9-5-14/h4-11,23H,12-13H2,1-3H3,(H,24,25,27).